The molecule has 0 atom stereocenters. The predicted octanol–water partition coefficient (Wildman–Crippen LogP) is 2.49. The average molecular weight is 255 g/mol. The zero-order valence-corrected chi connectivity index (χ0v) is 10.5. The lowest BCUT2D eigenvalue weighted by molar-refractivity contribution is -0.137. The largest absolute Gasteiger partial charge is 0.460 e. The van der Waals surface area contributed by atoms with Crippen molar-refractivity contribution in [2.45, 2.75) is 6.92 Å². The lowest BCUT2D eigenvalue weighted by Gasteiger charge is -2.03. The van der Waals surface area contributed by atoms with Crippen LogP contribution in [-0.2, 0) is 9.53 Å². The Hall–Kier alpha value is -2.49. The maximum absolute atomic E-state index is 11.7. The van der Waals surface area contributed by atoms with Crippen LogP contribution < -0.4 is 0 Å². The summed E-state index contributed by atoms with van der Waals surface area (Å²) in [5.74, 6) is -1.52. The van der Waals surface area contributed by atoms with Crippen LogP contribution in [0.2, 0.25) is 0 Å². The van der Waals surface area contributed by atoms with Crippen LogP contribution in [-0.4, -0.2) is 23.3 Å². The Morgan fingerprint density at radius 1 is 1.11 bits per heavy atom. The summed E-state index contributed by atoms with van der Waals surface area (Å²) in [4.78, 5) is 27.2. The highest BCUT2D eigenvalue weighted by molar-refractivity contribution is 6.40. The second kappa shape index (κ2) is 5.91. The number of esters is 1. The molecule has 0 N–H and O–H groups in total. The lowest BCUT2D eigenvalue weighted by atomic mass is 10.1. The molecule has 96 valence electrons. The molecule has 4 heteroatoms. The van der Waals surface area contributed by atoms with Gasteiger partial charge in [0.05, 0.1) is 12.3 Å². The number of nitrogens with zero attached hydrogens (tertiary/aromatic N) is 1. The third-order valence-electron chi connectivity index (χ3n) is 2.56. The van der Waals surface area contributed by atoms with Gasteiger partial charge in [0.15, 0.2) is 0 Å². The highest BCUT2D eigenvalue weighted by Gasteiger charge is 2.17. The number of ketones is 1. The summed E-state index contributed by atoms with van der Waals surface area (Å²) in [5, 5.41) is 0. The predicted molar refractivity (Wildman–Crippen MR) is 70.6 cm³/mol. The van der Waals surface area contributed by atoms with E-state index in [1.165, 1.54) is 6.20 Å². The number of rotatable bonds is 4. The first-order valence-corrected chi connectivity index (χ1v) is 5.95. The lowest BCUT2D eigenvalue weighted by Crippen LogP contribution is -2.17. The van der Waals surface area contributed by atoms with Gasteiger partial charge >= 0.3 is 5.97 Å². The number of hydrogen-bond donors (Lipinski definition) is 0. The van der Waals surface area contributed by atoms with Crippen LogP contribution in [0, 0.1) is 0 Å². The molecular formula is C15H13NO3. The topological polar surface area (TPSA) is 56.3 Å². The molecule has 0 aliphatic rings. The Morgan fingerprint density at radius 2 is 1.84 bits per heavy atom. The van der Waals surface area contributed by atoms with Crippen LogP contribution in [0.25, 0.3) is 11.3 Å². The van der Waals surface area contributed by atoms with Gasteiger partial charge in [-0.2, -0.15) is 0 Å². The van der Waals surface area contributed by atoms with Crippen molar-refractivity contribution in [2.24, 2.45) is 0 Å². The summed E-state index contributed by atoms with van der Waals surface area (Å²) in [6.07, 6.45) is 1.39. The van der Waals surface area contributed by atoms with Crippen LogP contribution >= 0.6 is 0 Å². The normalized spacial score (nSPS) is 9.95. The molecule has 0 aliphatic carbocycles. The molecule has 0 spiro atoms. The fourth-order valence-corrected chi connectivity index (χ4v) is 1.62. The van der Waals surface area contributed by atoms with E-state index in [1.807, 2.05) is 30.3 Å². The molecule has 2 rings (SSSR count). The van der Waals surface area contributed by atoms with Crippen LogP contribution in [0.15, 0.2) is 48.7 Å². The van der Waals surface area contributed by atoms with E-state index in [4.69, 9.17) is 0 Å². The van der Waals surface area contributed by atoms with Gasteiger partial charge in [0.2, 0.25) is 0 Å². The summed E-state index contributed by atoms with van der Waals surface area (Å²) in [5.41, 5.74) is 1.94. The number of carbonyl (C=O) groups excluding carboxylic acids is 2. The molecular weight excluding hydrogens is 242 g/mol. The smallest absolute Gasteiger partial charge is 0.379 e. The van der Waals surface area contributed by atoms with Crippen molar-refractivity contribution >= 4 is 11.8 Å². The third kappa shape index (κ3) is 3.04. The molecule has 0 bridgehead atoms. The van der Waals surface area contributed by atoms with Gasteiger partial charge in [-0.15, -0.1) is 0 Å². The average Bonchev–Trinajstić information content (AvgIpc) is 2.48. The minimum Gasteiger partial charge on any atom is -0.460 e. The molecule has 1 heterocycles. The highest BCUT2D eigenvalue weighted by Crippen LogP contribution is 2.16. The summed E-state index contributed by atoms with van der Waals surface area (Å²) >= 11 is 0. The van der Waals surface area contributed by atoms with Gasteiger partial charge in [0.1, 0.15) is 0 Å². The fraction of sp³-hybridized carbons (Fsp3) is 0.133. The second-order valence-corrected chi connectivity index (χ2v) is 3.85. The summed E-state index contributed by atoms with van der Waals surface area (Å²) < 4.78 is 4.66. The van der Waals surface area contributed by atoms with E-state index < -0.39 is 11.8 Å². The van der Waals surface area contributed by atoms with Crippen molar-refractivity contribution in [1.29, 1.82) is 0 Å². The van der Waals surface area contributed by atoms with Gasteiger partial charge in [-0.1, -0.05) is 30.3 Å². The first kappa shape index (κ1) is 13.0. The quantitative estimate of drug-likeness (QED) is 0.478. The third-order valence-corrected chi connectivity index (χ3v) is 2.56. The molecule has 19 heavy (non-hydrogen) atoms. The number of pyridine rings is 1. The van der Waals surface area contributed by atoms with E-state index in [0.29, 0.717) is 0 Å². The number of benzene rings is 1. The second-order valence-electron chi connectivity index (χ2n) is 3.85. The number of aromatic nitrogens is 1. The SMILES string of the molecule is CCOC(=O)C(=O)c1ccc(-c2ccccc2)nc1. The van der Waals surface area contributed by atoms with E-state index in [0.717, 1.165) is 11.3 Å². The zero-order chi connectivity index (χ0) is 13.7. The fourth-order valence-electron chi connectivity index (χ4n) is 1.62. The zero-order valence-electron chi connectivity index (χ0n) is 10.5. The molecule has 1 aromatic carbocycles. The van der Waals surface area contributed by atoms with E-state index in [9.17, 15) is 9.59 Å². The Morgan fingerprint density at radius 3 is 2.42 bits per heavy atom. The van der Waals surface area contributed by atoms with Crippen molar-refractivity contribution in [3.63, 3.8) is 0 Å². The molecule has 0 aliphatic heterocycles. The van der Waals surface area contributed by atoms with E-state index in [2.05, 4.69) is 9.72 Å². The van der Waals surface area contributed by atoms with Gasteiger partial charge in [-0.3, -0.25) is 9.78 Å². The Kier molecular flexibility index (Phi) is 4.03. The molecule has 0 amide bonds. The highest BCUT2D eigenvalue weighted by atomic mass is 16.5. The molecule has 0 radical (unpaired) electrons. The minimum absolute atomic E-state index is 0.181. The molecule has 2 aromatic rings. The maximum Gasteiger partial charge on any atom is 0.379 e. The van der Waals surface area contributed by atoms with Crippen LogP contribution in [0.5, 0.6) is 0 Å². The number of Topliss-reactive ketones (excluding diaryl/α,β-unsaturated/α-hetero) is 1. The van der Waals surface area contributed by atoms with E-state index >= 15 is 0 Å². The molecule has 1 aromatic heterocycles. The minimum atomic E-state index is -0.850. The van der Waals surface area contributed by atoms with E-state index in [-0.39, 0.29) is 12.2 Å². The van der Waals surface area contributed by atoms with Crippen LogP contribution in [0.4, 0.5) is 0 Å². The van der Waals surface area contributed by atoms with Crippen LogP contribution in [0.1, 0.15) is 17.3 Å². The molecule has 0 saturated heterocycles. The Bertz CT molecular complexity index is 576. The number of carbonyl (C=O) groups is 2. The Balaban J connectivity index is 2.19. The van der Waals surface area contributed by atoms with Crippen molar-refractivity contribution < 1.29 is 14.3 Å². The van der Waals surface area contributed by atoms with Gasteiger partial charge in [-0.25, -0.2) is 4.79 Å². The van der Waals surface area contributed by atoms with Gasteiger partial charge < -0.3 is 4.74 Å². The summed E-state index contributed by atoms with van der Waals surface area (Å²) in [7, 11) is 0. The molecule has 0 unspecified atom stereocenters. The van der Waals surface area contributed by atoms with Gasteiger partial charge in [-0.05, 0) is 19.1 Å². The molecule has 0 saturated carbocycles. The molecule has 0 fully saturated rings. The Labute approximate surface area is 111 Å². The molecule has 4 nitrogen and oxygen atoms in total. The van der Waals surface area contributed by atoms with Crippen molar-refractivity contribution in [2.75, 3.05) is 6.61 Å². The van der Waals surface area contributed by atoms with Crippen molar-refractivity contribution in [1.82, 2.24) is 4.98 Å². The standard InChI is InChI=1S/C15H13NO3/c1-2-19-15(18)14(17)12-8-9-13(16-10-12)11-6-4-3-5-7-11/h3-10H,2H2,1H3. The van der Waals surface area contributed by atoms with Crippen LogP contribution in [0.3, 0.4) is 0 Å². The van der Waals surface area contributed by atoms with Gasteiger partial charge in [0, 0.05) is 17.3 Å². The summed E-state index contributed by atoms with van der Waals surface area (Å²) in [6.45, 7) is 1.84. The first-order chi connectivity index (χ1) is 9.22. The monoisotopic (exact) mass is 255 g/mol. The van der Waals surface area contributed by atoms with E-state index in [1.54, 1.807) is 19.1 Å². The van der Waals surface area contributed by atoms with Crippen molar-refractivity contribution in [3.05, 3.63) is 54.2 Å². The maximum atomic E-state index is 11.7. The van der Waals surface area contributed by atoms with Crippen molar-refractivity contribution in [3.8, 4) is 11.3 Å². The number of hydrogen-bond acceptors (Lipinski definition) is 4. The first-order valence-electron chi connectivity index (χ1n) is 5.95. The number of ether oxygens (including phenoxy) is 1. The summed E-state index contributed by atoms with van der Waals surface area (Å²) in [6, 6.07) is 12.9. The van der Waals surface area contributed by atoms with Gasteiger partial charge in [0.25, 0.3) is 5.78 Å².